The average molecular weight is 375 g/mol. The summed E-state index contributed by atoms with van der Waals surface area (Å²) in [6, 6.07) is 1.70. The maximum Gasteiger partial charge on any atom is 0.471 e. The number of amides is 1. The van der Waals surface area contributed by atoms with Crippen molar-refractivity contribution in [1.82, 2.24) is 0 Å². The van der Waals surface area contributed by atoms with Crippen LogP contribution in [0.1, 0.15) is 10.4 Å². The monoisotopic (exact) mass is 375 g/mol. The molecular formula is C9H5F3INO4. The number of phenolic OH excluding ortho intramolecular Hbond substituents is 1. The van der Waals surface area contributed by atoms with E-state index < -0.39 is 35.1 Å². The summed E-state index contributed by atoms with van der Waals surface area (Å²) >= 11 is 1.48. The molecule has 1 amide bonds. The number of carbonyl (C=O) groups is 2. The highest BCUT2D eigenvalue weighted by atomic mass is 127. The fraction of sp³-hybridized carbons (Fsp3) is 0.111. The van der Waals surface area contributed by atoms with Gasteiger partial charge in [0.2, 0.25) is 0 Å². The Morgan fingerprint density at radius 1 is 1.28 bits per heavy atom. The maximum absolute atomic E-state index is 12.0. The first-order chi connectivity index (χ1) is 8.12. The number of carboxylic acid groups (broad SMARTS) is 1. The molecule has 0 unspecified atom stereocenters. The van der Waals surface area contributed by atoms with E-state index in [1.54, 1.807) is 0 Å². The number of alkyl halides is 3. The highest BCUT2D eigenvalue weighted by Crippen LogP contribution is 2.30. The number of nitrogens with one attached hydrogen (secondary N) is 1. The van der Waals surface area contributed by atoms with Crippen LogP contribution >= 0.6 is 22.6 Å². The van der Waals surface area contributed by atoms with Gasteiger partial charge in [0.25, 0.3) is 0 Å². The molecule has 0 radical (unpaired) electrons. The first kappa shape index (κ1) is 14.5. The standard InChI is InChI=1S/C9H5F3INO4/c10-9(11,12)8(18)14-4-1-3(7(16)17)2-5(15)6(4)13/h1-2,15H,(H,14,18)(H,16,17). The number of rotatable bonds is 2. The van der Waals surface area contributed by atoms with Crippen molar-refractivity contribution in [2.75, 3.05) is 5.32 Å². The fourth-order valence-electron chi connectivity index (χ4n) is 1.02. The molecule has 0 spiro atoms. The Hall–Kier alpha value is -1.52. The molecule has 0 heterocycles. The minimum absolute atomic E-state index is 0.0878. The van der Waals surface area contributed by atoms with Crippen LogP contribution in [0.4, 0.5) is 18.9 Å². The van der Waals surface area contributed by atoms with Crippen LogP contribution in [-0.4, -0.2) is 28.3 Å². The minimum atomic E-state index is -5.10. The van der Waals surface area contributed by atoms with Gasteiger partial charge >= 0.3 is 18.1 Å². The van der Waals surface area contributed by atoms with E-state index in [2.05, 4.69) is 0 Å². The van der Waals surface area contributed by atoms with Gasteiger partial charge < -0.3 is 15.5 Å². The lowest BCUT2D eigenvalue weighted by atomic mass is 10.2. The quantitative estimate of drug-likeness (QED) is 0.692. The SMILES string of the molecule is O=C(O)c1cc(O)c(I)c(NC(=O)C(F)(F)F)c1. The smallest absolute Gasteiger partial charge is 0.471 e. The summed E-state index contributed by atoms with van der Waals surface area (Å²) in [6.45, 7) is 0. The van der Waals surface area contributed by atoms with Crippen LogP contribution in [0.3, 0.4) is 0 Å². The van der Waals surface area contributed by atoms with Gasteiger partial charge in [-0.25, -0.2) is 4.79 Å². The van der Waals surface area contributed by atoms with Gasteiger partial charge in [-0.1, -0.05) is 0 Å². The number of aromatic carboxylic acids is 1. The van der Waals surface area contributed by atoms with E-state index in [1.165, 1.54) is 27.9 Å². The molecule has 1 aromatic carbocycles. The Bertz CT molecular complexity index is 515. The molecule has 0 aliphatic rings. The Morgan fingerprint density at radius 3 is 2.28 bits per heavy atom. The van der Waals surface area contributed by atoms with Crippen molar-refractivity contribution in [1.29, 1.82) is 0 Å². The van der Waals surface area contributed by atoms with Gasteiger partial charge in [0.05, 0.1) is 14.8 Å². The summed E-state index contributed by atoms with van der Waals surface area (Å²) in [7, 11) is 0. The Balaban J connectivity index is 3.17. The Labute approximate surface area is 112 Å². The van der Waals surface area contributed by atoms with Crippen molar-refractivity contribution in [3.05, 3.63) is 21.3 Å². The van der Waals surface area contributed by atoms with Crippen molar-refractivity contribution in [2.24, 2.45) is 0 Å². The third-order valence-corrected chi connectivity index (χ3v) is 2.94. The topological polar surface area (TPSA) is 86.6 Å². The molecule has 0 aromatic heterocycles. The molecule has 0 aliphatic carbocycles. The molecule has 0 bridgehead atoms. The molecular weight excluding hydrogens is 370 g/mol. The zero-order chi connectivity index (χ0) is 14.1. The number of aromatic hydroxyl groups is 1. The predicted octanol–water partition coefficient (Wildman–Crippen LogP) is 2.20. The second-order valence-corrected chi connectivity index (χ2v) is 4.19. The first-order valence-electron chi connectivity index (χ1n) is 4.27. The maximum atomic E-state index is 12.0. The van der Waals surface area contributed by atoms with Gasteiger partial charge in [-0.3, -0.25) is 4.79 Å². The number of benzene rings is 1. The van der Waals surface area contributed by atoms with E-state index >= 15 is 0 Å². The van der Waals surface area contributed by atoms with Gasteiger partial charge in [0.15, 0.2) is 0 Å². The largest absolute Gasteiger partial charge is 0.507 e. The van der Waals surface area contributed by atoms with Crippen molar-refractivity contribution in [3.63, 3.8) is 0 Å². The summed E-state index contributed by atoms with van der Waals surface area (Å²) in [5.41, 5.74) is -0.860. The lowest BCUT2D eigenvalue weighted by molar-refractivity contribution is -0.167. The van der Waals surface area contributed by atoms with Crippen LogP contribution in [0.2, 0.25) is 0 Å². The number of anilines is 1. The summed E-state index contributed by atoms with van der Waals surface area (Å²) in [6.07, 6.45) is -5.10. The van der Waals surface area contributed by atoms with E-state index in [1.807, 2.05) is 0 Å². The van der Waals surface area contributed by atoms with Crippen LogP contribution in [0.25, 0.3) is 0 Å². The molecule has 18 heavy (non-hydrogen) atoms. The van der Waals surface area contributed by atoms with Crippen LogP contribution in [0.5, 0.6) is 5.75 Å². The number of phenols is 1. The first-order valence-corrected chi connectivity index (χ1v) is 5.34. The number of carboxylic acids is 1. The van der Waals surface area contributed by atoms with Gasteiger partial charge in [0.1, 0.15) is 5.75 Å². The lowest BCUT2D eigenvalue weighted by Gasteiger charge is -2.11. The molecule has 9 heteroatoms. The lowest BCUT2D eigenvalue weighted by Crippen LogP contribution is -2.30. The number of halogens is 4. The van der Waals surface area contributed by atoms with Crippen LogP contribution < -0.4 is 5.32 Å². The van der Waals surface area contributed by atoms with Gasteiger partial charge in [-0.2, -0.15) is 13.2 Å². The molecule has 1 rings (SSSR count). The summed E-state index contributed by atoms with van der Waals surface area (Å²) in [5.74, 6) is -4.22. The van der Waals surface area contributed by atoms with Crippen LogP contribution in [0, 0.1) is 3.57 Å². The Morgan fingerprint density at radius 2 is 1.83 bits per heavy atom. The third-order valence-electron chi connectivity index (χ3n) is 1.81. The highest BCUT2D eigenvalue weighted by Gasteiger charge is 2.39. The van der Waals surface area contributed by atoms with Crippen molar-refractivity contribution < 1.29 is 33.0 Å². The van der Waals surface area contributed by atoms with E-state index in [9.17, 15) is 27.9 Å². The molecule has 0 atom stereocenters. The van der Waals surface area contributed by atoms with Crippen molar-refractivity contribution in [3.8, 4) is 5.75 Å². The van der Waals surface area contributed by atoms with E-state index in [4.69, 9.17) is 5.11 Å². The van der Waals surface area contributed by atoms with Crippen molar-refractivity contribution in [2.45, 2.75) is 6.18 Å². The van der Waals surface area contributed by atoms with Gasteiger partial charge in [0, 0.05) is 0 Å². The molecule has 0 aliphatic heterocycles. The summed E-state index contributed by atoms with van der Waals surface area (Å²) < 4.78 is 36.0. The van der Waals surface area contributed by atoms with Gasteiger partial charge in [-0.05, 0) is 34.7 Å². The molecule has 3 N–H and O–H groups in total. The number of hydrogen-bond donors (Lipinski definition) is 3. The molecule has 0 fully saturated rings. The van der Waals surface area contributed by atoms with E-state index in [-0.39, 0.29) is 3.57 Å². The molecule has 0 saturated carbocycles. The second kappa shape index (κ2) is 5.00. The predicted molar refractivity (Wildman–Crippen MR) is 62.5 cm³/mol. The van der Waals surface area contributed by atoms with E-state index in [0.717, 1.165) is 12.1 Å². The summed E-state index contributed by atoms with van der Waals surface area (Å²) in [5, 5.41) is 19.5. The molecule has 1 aromatic rings. The molecule has 0 saturated heterocycles. The average Bonchev–Trinajstić information content (AvgIpc) is 2.22. The number of hydrogen-bond acceptors (Lipinski definition) is 3. The molecule has 98 valence electrons. The normalized spacial score (nSPS) is 11.1. The van der Waals surface area contributed by atoms with Crippen LogP contribution in [-0.2, 0) is 4.79 Å². The number of carbonyl (C=O) groups excluding carboxylic acids is 1. The zero-order valence-corrected chi connectivity index (χ0v) is 10.5. The second-order valence-electron chi connectivity index (χ2n) is 3.11. The van der Waals surface area contributed by atoms with E-state index in [0.29, 0.717) is 0 Å². The zero-order valence-electron chi connectivity index (χ0n) is 8.38. The summed E-state index contributed by atoms with van der Waals surface area (Å²) in [4.78, 5) is 21.4. The minimum Gasteiger partial charge on any atom is -0.507 e. The third kappa shape index (κ3) is 3.24. The molecule has 5 nitrogen and oxygen atoms in total. The van der Waals surface area contributed by atoms with Crippen molar-refractivity contribution >= 4 is 40.2 Å². The highest BCUT2D eigenvalue weighted by molar-refractivity contribution is 14.1. The Kier molecular flexibility index (Phi) is 4.04. The fourth-order valence-corrected chi connectivity index (χ4v) is 1.46. The van der Waals surface area contributed by atoms with Crippen LogP contribution in [0.15, 0.2) is 12.1 Å². The van der Waals surface area contributed by atoms with Gasteiger partial charge in [-0.15, -0.1) is 0 Å².